The largest absolute Gasteiger partial charge is 0.497 e. The molecule has 138 valence electrons. The normalized spacial score (nSPS) is 10.7. The standard InChI is InChI=1S/C20H21N5O2/c1-14-18(20(26)21-12-15-6-4-3-5-7-15)19(25-23-14)24-22-13-16-8-10-17(27-2)11-9-16/h3-11,13H,12H2,1-2H3,(H,21,26)(H2,23,24,25)/b22-13+. The van der Waals surface area contributed by atoms with Crippen LogP contribution >= 0.6 is 0 Å². The van der Waals surface area contributed by atoms with Crippen LogP contribution in [0.1, 0.15) is 27.2 Å². The Kier molecular flexibility index (Phi) is 5.84. The Morgan fingerprint density at radius 2 is 1.93 bits per heavy atom. The highest BCUT2D eigenvalue weighted by Crippen LogP contribution is 2.16. The molecule has 3 aromatic rings. The van der Waals surface area contributed by atoms with Gasteiger partial charge >= 0.3 is 0 Å². The third kappa shape index (κ3) is 4.72. The van der Waals surface area contributed by atoms with E-state index in [4.69, 9.17) is 4.74 Å². The number of aryl methyl sites for hydroxylation is 1. The van der Waals surface area contributed by atoms with Gasteiger partial charge in [0, 0.05) is 12.2 Å². The molecule has 3 N–H and O–H groups in total. The van der Waals surface area contributed by atoms with E-state index < -0.39 is 0 Å². The van der Waals surface area contributed by atoms with Gasteiger partial charge in [-0.3, -0.25) is 15.3 Å². The SMILES string of the molecule is COc1ccc(/C=N/Nc2n[nH]c(C)c2C(=O)NCc2ccccc2)cc1. The van der Waals surface area contributed by atoms with Crippen LogP contribution in [0.2, 0.25) is 0 Å². The van der Waals surface area contributed by atoms with Crippen LogP contribution < -0.4 is 15.5 Å². The Morgan fingerprint density at radius 3 is 2.63 bits per heavy atom. The van der Waals surface area contributed by atoms with Crippen molar-refractivity contribution in [3.8, 4) is 5.75 Å². The molecule has 1 amide bonds. The zero-order valence-corrected chi connectivity index (χ0v) is 15.2. The predicted octanol–water partition coefficient (Wildman–Crippen LogP) is 3.10. The molecule has 0 spiro atoms. The minimum absolute atomic E-state index is 0.216. The summed E-state index contributed by atoms with van der Waals surface area (Å²) in [7, 11) is 1.62. The number of amides is 1. The van der Waals surface area contributed by atoms with E-state index in [-0.39, 0.29) is 5.91 Å². The predicted molar refractivity (Wildman–Crippen MR) is 105 cm³/mol. The van der Waals surface area contributed by atoms with Gasteiger partial charge < -0.3 is 10.1 Å². The minimum atomic E-state index is -0.216. The molecule has 2 aromatic carbocycles. The number of carbonyl (C=O) groups excluding carboxylic acids is 1. The number of anilines is 1. The lowest BCUT2D eigenvalue weighted by molar-refractivity contribution is 0.0951. The number of nitrogens with zero attached hydrogens (tertiary/aromatic N) is 2. The van der Waals surface area contributed by atoms with Crippen LogP contribution in [-0.4, -0.2) is 29.4 Å². The van der Waals surface area contributed by atoms with Gasteiger partial charge in [0.25, 0.3) is 5.91 Å². The molecule has 0 saturated carbocycles. The Bertz CT molecular complexity index is 917. The maximum atomic E-state index is 12.5. The van der Waals surface area contributed by atoms with Gasteiger partial charge in [0.1, 0.15) is 11.3 Å². The van der Waals surface area contributed by atoms with Crippen LogP contribution in [0.15, 0.2) is 59.7 Å². The highest BCUT2D eigenvalue weighted by molar-refractivity contribution is 6.00. The van der Waals surface area contributed by atoms with Crippen molar-refractivity contribution < 1.29 is 9.53 Å². The zero-order valence-electron chi connectivity index (χ0n) is 15.2. The van der Waals surface area contributed by atoms with Crippen molar-refractivity contribution in [2.45, 2.75) is 13.5 Å². The maximum Gasteiger partial charge on any atom is 0.257 e. The lowest BCUT2D eigenvalue weighted by Gasteiger charge is -2.06. The number of hydrogen-bond donors (Lipinski definition) is 3. The van der Waals surface area contributed by atoms with Crippen LogP contribution in [0.25, 0.3) is 0 Å². The Hall–Kier alpha value is -3.61. The third-order valence-electron chi connectivity index (χ3n) is 3.97. The van der Waals surface area contributed by atoms with Gasteiger partial charge in [-0.15, -0.1) is 0 Å². The number of nitrogens with one attached hydrogen (secondary N) is 3. The molecule has 3 rings (SSSR count). The summed E-state index contributed by atoms with van der Waals surface area (Å²) in [6.45, 7) is 2.24. The number of carbonyl (C=O) groups is 1. The first-order chi connectivity index (χ1) is 13.2. The molecule has 0 bridgehead atoms. The summed E-state index contributed by atoms with van der Waals surface area (Å²) in [6, 6.07) is 17.2. The van der Waals surface area contributed by atoms with E-state index in [1.165, 1.54) is 0 Å². The van der Waals surface area contributed by atoms with Crippen molar-refractivity contribution in [3.63, 3.8) is 0 Å². The summed E-state index contributed by atoms with van der Waals surface area (Å²) in [6.07, 6.45) is 1.65. The average molecular weight is 363 g/mol. The van der Waals surface area contributed by atoms with E-state index in [1.807, 2.05) is 54.6 Å². The second-order valence-corrected chi connectivity index (χ2v) is 5.88. The molecule has 0 fully saturated rings. The number of ether oxygens (including phenoxy) is 1. The molecule has 7 nitrogen and oxygen atoms in total. The fourth-order valence-corrected chi connectivity index (χ4v) is 2.51. The molecule has 1 aromatic heterocycles. The number of rotatable bonds is 7. The van der Waals surface area contributed by atoms with Crippen molar-refractivity contribution in [2.75, 3.05) is 12.5 Å². The summed E-state index contributed by atoms with van der Waals surface area (Å²) in [5.74, 6) is 0.940. The highest BCUT2D eigenvalue weighted by atomic mass is 16.5. The van der Waals surface area contributed by atoms with Crippen LogP contribution in [-0.2, 0) is 6.54 Å². The van der Waals surface area contributed by atoms with E-state index in [0.29, 0.717) is 23.6 Å². The first-order valence-corrected chi connectivity index (χ1v) is 8.47. The van der Waals surface area contributed by atoms with Crippen LogP contribution in [0.3, 0.4) is 0 Å². The van der Waals surface area contributed by atoms with Crippen LogP contribution in [0, 0.1) is 6.92 Å². The monoisotopic (exact) mass is 363 g/mol. The van der Waals surface area contributed by atoms with E-state index >= 15 is 0 Å². The molecule has 0 aliphatic heterocycles. The van der Waals surface area contributed by atoms with Gasteiger partial charge in [0.2, 0.25) is 0 Å². The molecule has 27 heavy (non-hydrogen) atoms. The highest BCUT2D eigenvalue weighted by Gasteiger charge is 2.17. The lowest BCUT2D eigenvalue weighted by Crippen LogP contribution is -2.23. The molecule has 0 unspecified atom stereocenters. The Balaban J connectivity index is 1.64. The number of hydrazone groups is 1. The summed E-state index contributed by atoms with van der Waals surface area (Å²) in [5.41, 5.74) is 5.86. The Morgan fingerprint density at radius 1 is 1.19 bits per heavy atom. The van der Waals surface area contributed by atoms with Crippen molar-refractivity contribution in [2.24, 2.45) is 5.10 Å². The molecule has 0 atom stereocenters. The zero-order chi connectivity index (χ0) is 19.1. The lowest BCUT2D eigenvalue weighted by atomic mass is 10.2. The first-order valence-electron chi connectivity index (χ1n) is 8.47. The summed E-state index contributed by atoms with van der Waals surface area (Å²) < 4.78 is 5.12. The number of hydrogen-bond acceptors (Lipinski definition) is 5. The first kappa shape index (κ1) is 18.2. The average Bonchev–Trinajstić information content (AvgIpc) is 3.08. The molecule has 1 heterocycles. The molecule has 0 saturated heterocycles. The fourth-order valence-electron chi connectivity index (χ4n) is 2.51. The summed E-state index contributed by atoms with van der Waals surface area (Å²) >= 11 is 0. The maximum absolute atomic E-state index is 12.5. The smallest absolute Gasteiger partial charge is 0.257 e. The van der Waals surface area contributed by atoms with Crippen LogP contribution in [0.4, 0.5) is 5.82 Å². The molecule has 0 radical (unpaired) electrons. The van der Waals surface area contributed by atoms with Gasteiger partial charge in [0.05, 0.1) is 13.3 Å². The van der Waals surface area contributed by atoms with Gasteiger partial charge in [-0.25, -0.2) is 0 Å². The molecular formula is C20H21N5O2. The van der Waals surface area contributed by atoms with Crippen molar-refractivity contribution in [1.82, 2.24) is 15.5 Å². The van der Waals surface area contributed by atoms with E-state index in [9.17, 15) is 4.79 Å². The van der Waals surface area contributed by atoms with Gasteiger partial charge in [-0.05, 0) is 42.3 Å². The number of aromatic amines is 1. The fraction of sp³-hybridized carbons (Fsp3) is 0.150. The van der Waals surface area contributed by atoms with E-state index in [0.717, 1.165) is 16.9 Å². The number of methoxy groups -OCH3 is 1. The van der Waals surface area contributed by atoms with E-state index in [1.54, 1.807) is 20.2 Å². The molecule has 0 aliphatic carbocycles. The van der Waals surface area contributed by atoms with Gasteiger partial charge in [0.15, 0.2) is 5.82 Å². The second-order valence-electron chi connectivity index (χ2n) is 5.88. The molecular weight excluding hydrogens is 342 g/mol. The quantitative estimate of drug-likeness (QED) is 0.444. The van der Waals surface area contributed by atoms with E-state index in [2.05, 4.69) is 26.0 Å². The molecule has 7 heteroatoms. The van der Waals surface area contributed by atoms with Crippen molar-refractivity contribution >= 4 is 17.9 Å². The summed E-state index contributed by atoms with van der Waals surface area (Å²) in [4.78, 5) is 12.5. The van der Waals surface area contributed by atoms with Crippen molar-refractivity contribution in [3.05, 3.63) is 77.0 Å². The van der Waals surface area contributed by atoms with Crippen molar-refractivity contribution in [1.29, 1.82) is 0 Å². The number of aromatic nitrogens is 2. The van der Waals surface area contributed by atoms with Gasteiger partial charge in [-0.1, -0.05) is 30.3 Å². The summed E-state index contributed by atoms with van der Waals surface area (Å²) in [5, 5.41) is 14.0. The van der Waals surface area contributed by atoms with Crippen LogP contribution in [0.5, 0.6) is 5.75 Å². The molecule has 0 aliphatic rings. The number of H-pyrrole nitrogens is 1. The second kappa shape index (κ2) is 8.66. The minimum Gasteiger partial charge on any atom is -0.497 e. The third-order valence-corrected chi connectivity index (χ3v) is 3.97. The Labute approximate surface area is 157 Å². The van der Waals surface area contributed by atoms with Gasteiger partial charge in [-0.2, -0.15) is 10.2 Å². The topological polar surface area (TPSA) is 91.4 Å². The number of benzene rings is 2.